The monoisotopic (exact) mass is 438 g/mol. The molecule has 160 valence electrons. The maximum Gasteiger partial charge on any atom is 0.243 e. The van der Waals surface area contributed by atoms with E-state index in [0.717, 1.165) is 0 Å². The van der Waals surface area contributed by atoms with Gasteiger partial charge in [0.15, 0.2) is 0 Å². The zero-order valence-electron chi connectivity index (χ0n) is 16.0. The van der Waals surface area contributed by atoms with Gasteiger partial charge in [0.25, 0.3) is 0 Å². The fourth-order valence-corrected chi connectivity index (χ4v) is 4.10. The Hall–Kier alpha value is -2.59. The van der Waals surface area contributed by atoms with Gasteiger partial charge in [-0.2, -0.15) is 5.10 Å². The fraction of sp³-hybridized carbons (Fsp3) is 0.474. The Morgan fingerprint density at radius 1 is 1.27 bits per heavy atom. The predicted octanol–water partition coefficient (Wildman–Crippen LogP) is 1.18. The van der Waals surface area contributed by atoms with Crippen molar-refractivity contribution in [1.82, 2.24) is 30.3 Å². The number of hydrogen-bond acceptors (Lipinski definition) is 5. The quantitative estimate of drug-likeness (QED) is 0.731. The van der Waals surface area contributed by atoms with Gasteiger partial charge in [0.1, 0.15) is 31.0 Å². The van der Waals surface area contributed by atoms with Gasteiger partial charge in [-0.05, 0) is 23.8 Å². The lowest BCUT2D eigenvalue weighted by Crippen LogP contribution is -2.51. The van der Waals surface area contributed by atoms with Gasteiger partial charge in [-0.3, -0.25) is 9.59 Å². The van der Waals surface area contributed by atoms with Gasteiger partial charge in [0.05, 0.1) is 18.3 Å². The first kappa shape index (κ1) is 20.7. The van der Waals surface area contributed by atoms with E-state index in [9.17, 15) is 18.4 Å². The van der Waals surface area contributed by atoms with E-state index in [4.69, 9.17) is 11.6 Å². The van der Waals surface area contributed by atoms with Crippen molar-refractivity contribution in [2.45, 2.75) is 43.8 Å². The molecule has 2 saturated heterocycles. The van der Waals surface area contributed by atoms with E-state index < -0.39 is 36.2 Å². The second kappa shape index (κ2) is 8.65. The predicted molar refractivity (Wildman–Crippen MR) is 105 cm³/mol. The molecule has 4 atom stereocenters. The lowest BCUT2D eigenvalue weighted by Gasteiger charge is -2.26. The third kappa shape index (κ3) is 4.29. The average molecular weight is 439 g/mol. The zero-order valence-corrected chi connectivity index (χ0v) is 16.7. The Bertz CT molecular complexity index is 928. The first-order chi connectivity index (χ1) is 14.4. The van der Waals surface area contributed by atoms with Crippen LogP contribution in [-0.2, 0) is 16.1 Å². The van der Waals surface area contributed by atoms with Crippen LogP contribution in [0, 0.1) is 0 Å². The highest BCUT2D eigenvalue weighted by Crippen LogP contribution is 2.24. The number of likely N-dealkylation sites (tertiary alicyclic amines) is 1. The van der Waals surface area contributed by atoms with Crippen LogP contribution in [0.5, 0.6) is 0 Å². The summed E-state index contributed by atoms with van der Waals surface area (Å²) in [7, 11) is 0. The Morgan fingerprint density at radius 2 is 2.10 bits per heavy atom. The molecule has 30 heavy (non-hydrogen) atoms. The number of rotatable bonds is 5. The molecule has 2 aliphatic rings. The number of carbonyl (C=O) groups is 2. The van der Waals surface area contributed by atoms with Crippen LogP contribution >= 0.6 is 11.6 Å². The smallest absolute Gasteiger partial charge is 0.243 e. The van der Waals surface area contributed by atoms with Gasteiger partial charge in [0.2, 0.25) is 11.8 Å². The largest absolute Gasteiger partial charge is 0.350 e. The van der Waals surface area contributed by atoms with Crippen LogP contribution in [0.25, 0.3) is 5.69 Å². The fourth-order valence-electron chi connectivity index (χ4n) is 3.91. The second-order valence-corrected chi connectivity index (χ2v) is 7.90. The summed E-state index contributed by atoms with van der Waals surface area (Å²) in [5.74, 6) is -0.913. The summed E-state index contributed by atoms with van der Waals surface area (Å²) in [6, 6.07) is 3.47. The Morgan fingerprint density at radius 3 is 2.80 bits per heavy atom. The Labute approximate surface area is 176 Å². The van der Waals surface area contributed by atoms with Crippen LogP contribution < -0.4 is 10.6 Å². The molecule has 4 rings (SSSR count). The first-order valence-electron chi connectivity index (χ1n) is 9.65. The van der Waals surface area contributed by atoms with Crippen LogP contribution in [0.2, 0.25) is 5.02 Å². The van der Waals surface area contributed by atoms with E-state index in [-0.39, 0.29) is 32.5 Å². The van der Waals surface area contributed by atoms with Gasteiger partial charge in [-0.25, -0.2) is 18.4 Å². The van der Waals surface area contributed by atoms with Crippen molar-refractivity contribution in [2.24, 2.45) is 0 Å². The molecule has 0 aliphatic carbocycles. The summed E-state index contributed by atoms with van der Waals surface area (Å²) in [5.41, 5.74) is 1.37. The number of halogens is 3. The molecule has 0 unspecified atom stereocenters. The lowest BCUT2D eigenvalue weighted by atomic mass is 10.1. The first-order valence-corrected chi connectivity index (χ1v) is 10.0. The van der Waals surface area contributed by atoms with Crippen molar-refractivity contribution in [3.05, 3.63) is 41.4 Å². The van der Waals surface area contributed by atoms with Crippen LogP contribution in [0.15, 0.2) is 30.9 Å². The number of amides is 2. The van der Waals surface area contributed by atoms with Gasteiger partial charge in [-0.1, -0.05) is 11.6 Å². The number of nitrogens with zero attached hydrogens (tertiary/aromatic N) is 4. The van der Waals surface area contributed by atoms with Gasteiger partial charge < -0.3 is 15.5 Å². The topological polar surface area (TPSA) is 92.2 Å². The molecule has 2 amide bonds. The van der Waals surface area contributed by atoms with E-state index >= 15 is 0 Å². The molecule has 0 saturated carbocycles. The molecule has 0 bridgehead atoms. The number of aromatic nitrogens is 3. The molecular weight excluding hydrogens is 418 g/mol. The molecule has 2 aromatic rings. The molecule has 2 aliphatic heterocycles. The van der Waals surface area contributed by atoms with Crippen LogP contribution in [0.4, 0.5) is 8.78 Å². The number of hydrogen-bond donors (Lipinski definition) is 2. The number of benzene rings is 1. The molecule has 2 N–H and O–H groups in total. The molecule has 1 aromatic heterocycles. The third-order valence-electron chi connectivity index (χ3n) is 5.37. The minimum absolute atomic E-state index is 0.0321. The SMILES string of the molecule is O=C(NCc1cc(Cl)ccc1-n1cncn1)[C@@H]1C[C@@H](F)CN1C(=O)[C@H]1C[C@@H](F)CN1. The normalized spacial score (nSPS) is 26.2. The molecule has 2 fully saturated rings. The van der Waals surface area contributed by atoms with Gasteiger partial charge in [-0.15, -0.1) is 0 Å². The number of nitrogens with one attached hydrogen (secondary N) is 2. The van der Waals surface area contributed by atoms with Crippen molar-refractivity contribution >= 4 is 23.4 Å². The van der Waals surface area contributed by atoms with Gasteiger partial charge in [0, 0.05) is 31.0 Å². The van der Waals surface area contributed by atoms with E-state index in [2.05, 4.69) is 20.7 Å². The molecule has 0 radical (unpaired) electrons. The van der Waals surface area contributed by atoms with Crippen LogP contribution in [0.3, 0.4) is 0 Å². The van der Waals surface area contributed by atoms with Crippen molar-refractivity contribution in [1.29, 1.82) is 0 Å². The second-order valence-electron chi connectivity index (χ2n) is 7.46. The van der Waals surface area contributed by atoms with E-state index in [1.54, 1.807) is 22.9 Å². The third-order valence-corrected chi connectivity index (χ3v) is 5.61. The molecule has 3 heterocycles. The molecule has 8 nitrogen and oxygen atoms in total. The van der Waals surface area contributed by atoms with E-state index in [1.807, 2.05) is 0 Å². The standard InChI is InChI=1S/C19H21ClF2N6O2/c20-12-1-2-16(28-10-23-9-26-28)11(3-12)6-25-18(29)17-5-14(22)8-27(17)19(30)15-4-13(21)7-24-15/h1-3,9-10,13-15,17,24H,4-8H2,(H,25,29)/t13-,14-,15-,17+/m1/s1. The lowest BCUT2D eigenvalue weighted by molar-refractivity contribution is -0.139. The van der Waals surface area contributed by atoms with E-state index in [1.165, 1.54) is 17.6 Å². The zero-order chi connectivity index (χ0) is 21.3. The van der Waals surface area contributed by atoms with Crippen molar-refractivity contribution in [3.8, 4) is 5.69 Å². The highest BCUT2D eigenvalue weighted by atomic mass is 35.5. The molecular formula is C19H21ClF2N6O2. The minimum Gasteiger partial charge on any atom is -0.350 e. The van der Waals surface area contributed by atoms with Crippen LogP contribution in [0.1, 0.15) is 18.4 Å². The van der Waals surface area contributed by atoms with Crippen molar-refractivity contribution in [2.75, 3.05) is 13.1 Å². The summed E-state index contributed by atoms with van der Waals surface area (Å²) in [4.78, 5) is 30.6. The maximum atomic E-state index is 14.1. The highest BCUT2D eigenvalue weighted by molar-refractivity contribution is 6.30. The summed E-state index contributed by atoms with van der Waals surface area (Å²) in [5, 5.41) is 10.1. The molecule has 1 aromatic carbocycles. The van der Waals surface area contributed by atoms with Gasteiger partial charge >= 0.3 is 0 Å². The maximum absolute atomic E-state index is 14.1. The summed E-state index contributed by atoms with van der Waals surface area (Å²) < 4.78 is 29.1. The van der Waals surface area contributed by atoms with Crippen LogP contribution in [-0.4, -0.2) is 69.0 Å². The Balaban J connectivity index is 1.46. The summed E-state index contributed by atoms with van der Waals surface area (Å²) >= 11 is 6.09. The number of alkyl halides is 2. The van der Waals surface area contributed by atoms with Crippen molar-refractivity contribution < 1.29 is 18.4 Å². The summed E-state index contributed by atoms with van der Waals surface area (Å²) in [6.07, 6.45) is 0.433. The Kier molecular flexibility index (Phi) is 5.96. The molecule has 11 heteroatoms. The molecule has 0 spiro atoms. The average Bonchev–Trinajstić information content (AvgIpc) is 3.46. The van der Waals surface area contributed by atoms with Crippen molar-refractivity contribution in [3.63, 3.8) is 0 Å². The minimum atomic E-state index is -1.30. The highest BCUT2D eigenvalue weighted by Gasteiger charge is 2.43. The summed E-state index contributed by atoms with van der Waals surface area (Å²) in [6.45, 7) is 0.0196. The van der Waals surface area contributed by atoms with E-state index in [0.29, 0.717) is 16.3 Å². The number of carbonyl (C=O) groups excluding carboxylic acids is 2.